The van der Waals surface area contributed by atoms with Gasteiger partial charge in [-0.2, -0.15) is 0 Å². The number of hydrogen-bond donors (Lipinski definition) is 0. The Morgan fingerprint density at radius 3 is 1.45 bits per heavy atom. The van der Waals surface area contributed by atoms with Crippen LogP contribution >= 0.6 is 7.14 Å². The molecule has 6 aromatic rings. The van der Waals surface area contributed by atoms with Crippen LogP contribution in [0.25, 0.3) is 21.9 Å². The Kier molecular flexibility index (Phi) is 7.64. The van der Waals surface area contributed by atoms with Crippen LogP contribution in [0.3, 0.4) is 0 Å². The first-order chi connectivity index (χ1) is 19.3. The largest absolute Gasteiger partial charge is 0.456 e. The second-order valence-electron chi connectivity index (χ2n) is 9.78. The average molecular weight is 545 g/mol. The fraction of sp³-hybridized carbons (Fsp3) is 0.0857. The summed E-state index contributed by atoms with van der Waals surface area (Å²) in [5.41, 5.74) is 4.43. The van der Waals surface area contributed by atoms with Crippen molar-refractivity contribution in [2.45, 2.75) is 20.8 Å². The van der Waals surface area contributed by atoms with Crippen molar-refractivity contribution in [1.29, 1.82) is 0 Å². The lowest BCUT2D eigenvalue weighted by atomic mass is 10.0. The summed E-state index contributed by atoms with van der Waals surface area (Å²) in [7, 11) is -3.44. The summed E-state index contributed by atoms with van der Waals surface area (Å²) in [6.07, 6.45) is 0. The molecule has 1 heterocycles. The normalized spacial score (nSPS) is 11.2. The zero-order valence-electron chi connectivity index (χ0n) is 22.6. The van der Waals surface area contributed by atoms with Gasteiger partial charge in [-0.1, -0.05) is 103 Å². The molecule has 4 nitrogen and oxygen atoms in total. The van der Waals surface area contributed by atoms with Gasteiger partial charge in [-0.05, 0) is 56.2 Å². The summed E-state index contributed by atoms with van der Waals surface area (Å²) in [6, 6.07) is 36.7. The van der Waals surface area contributed by atoms with Crippen molar-refractivity contribution in [3.05, 3.63) is 154 Å². The van der Waals surface area contributed by atoms with Crippen LogP contribution in [-0.4, -0.2) is 5.52 Å². The molecule has 0 aliphatic heterocycles. The van der Waals surface area contributed by atoms with Crippen molar-refractivity contribution in [3.63, 3.8) is 0 Å². The lowest BCUT2D eigenvalue weighted by molar-refractivity contribution is 0.107. The molecule has 0 saturated carbocycles. The molecule has 0 spiro atoms. The third-order valence-corrected chi connectivity index (χ3v) is 9.75. The van der Waals surface area contributed by atoms with Gasteiger partial charge in [0.2, 0.25) is 18.1 Å². The highest BCUT2D eigenvalue weighted by Gasteiger charge is 2.37. The molecule has 0 radical (unpaired) electrons. The van der Waals surface area contributed by atoms with Crippen LogP contribution in [0.2, 0.25) is 0 Å². The molecule has 1 aromatic heterocycles. The van der Waals surface area contributed by atoms with E-state index in [1.54, 1.807) is 36.4 Å². The van der Waals surface area contributed by atoms with Gasteiger partial charge in [-0.3, -0.25) is 9.59 Å². The van der Waals surface area contributed by atoms with Crippen LogP contribution in [-0.2, 0) is 4.57 Å². The number of benzene rings is 5. The van der Waals surface area contributed by atoms with E-state index in [4.69, 9.17) is 4.42 Å². The van der Waals surface area contributed by atoms with E-state index < -0.39 is 7.14 Å². The van der Waals surface area contributed by atoms with Crippen LogP contribution in [0.15, 0.2) is 131 Å². The van der Waals surface area contributed by atoms with E-state index >= 15 is 0 Å². The molecule has 6 rings (SSSR count). The highest BCUT2D eigenvalue weighted by molar-refractivity contribution is 7.93. The third kappa shape index (κ3) is 5.06. The predicted molar refractivity (Wildman–Crippen MR) is 165 cm³/mol. The van der Waals surface area contributed by atoms with Crippen LogP contribution in [0.4, 0.5) is 0 Å². The highest BCUT2D eigenvalue weighted by Crippen LogP contribution is 2.47. The standard InChI is InChI=1S/C22H21O2P.C13H8O2/c1-16-14-17(2)21(18(3)15-16)22(23)25(24,19-10-6-4-7-11-19)20-12-8-5-9-13-20;14-13-9-5-1-3-7-11(9)15-12-8-4-2-6-10(12)13/h4-15H,1-3H3;1-8H. The first-order valence-corrected chi connectivity index (χ1v) is 14.8. The van der Waals surface area contributed by atoms with Crippen molar-refractivity contribution >= 4 is 45.2 Å². The molecule has 40 heavy (non-hydrogen) atoms. The molecular formula is C35H29O4P. The van der Waals surface area contributed by atoms with E-state index in [9.17, 15) is 14.2 Å². The van der Waals surface area contributed by atoms with Gasteiger partial charge >= 0.3 is 0 Å². The van der Waals surface area contributed by atoms with Crippen LogP contribution in [0.1, 0.15) is 27.0 Å². The summed E-state index contributed by atoms with van der Waals surface area (Å²) >= 11 is 0. The molecule has 0 bridgehead atoms. The lowest BCUT2D eigenvalue weighted by Crippen LogP contribution is -2.23. The van der Waals surface area contributed by atoms with Gasteiger partial charge in [0.25, 0.3) is 0 Å². The molecule has 0 aliphatic rings. The number of hydrogen-bond acceptors (Lipinski definition) is 4. The molecular weight excluding hydrogens is 515 g/mol. The zero-order valence-corrected chi connectivity index (χ0v) is 23.5. The fourth-order valence-corrected chi connectivity index (χ4v) is 7.70. The smallest absolute Gasteiger partial charge is 0.230 e. The Morgan fingerprint density at radius 2 is 1.00 bits per heavy atom. The van der Waals surface area contributed by atoms with Gasteiger partial charge < -0.3 is 8.98 Å². The second kappa shape index (κ2) is 11.3. The Bertz CT molecular complexity index is 1820. The summed E-state index contributed by atoms with van der Waals surface area (Å²) in [6.45, 7) is 5.82. The van der Waals surface area contributed by atoms with Crippen molar-refractivity contribution in [2.24, 2.45) is 0 Å². The number of carbonyl (C=O) groups excluding carboxylic acids is 1. The maximum absolute atomic E-state index is 14.2. The van der Waals surface area contributed by atoms with Crippen molar-refractivity contribution in [3.8, 4) is 0 Å². The Balaban J connectivity index is 0.000000182. The molecule has 0 amide bonds. The Hall–Kier alpha value is -4.53. The summed E-state index contributed by atoms with van der Waals surface area (Å²) in [5, 5.41) is 2.42. The first kappa shape index (κ1) is 27.1. The number of para-hydroxylation sites is 2. The minimum absolute atomic E-state index is 0.0347. The molecule has 0 aliphatic carbocycles. The van der Waals surface area contributed by atoms with Crippen molar-refractivity contribution in [2.75, 3.05) is 0 Å². The quantitative estimate of drug-likeness (QED) is 0.168. The number of carbonyl (C=O) groups is 1. The van der Waals surface area contributed by atoms with Crippen LogP contribution in [0, 0.1) is 20.8 Å². The maximum atomic E-state index is 14.2. The van der Waals surface area contributed by atoms with Crippen LogP contribution in [0.5, 0.6) is 0 Å². The van der Waals surface area contributed by atoms with E-state index in [1.165, 1.54) is 0 Å². The SMILES string of the molecule is Cc1cc(C)c(C(=O)P(=O)(c2ccccc2)c2ccccc2)c(C)c1.O=c1c2ccccc2oc2ccccc12. The molecule has 0 fully saturated rings. The summed E-state index contributed by atoms with van der Waals surface area (Å²) < 4.78 is 19.8. The number of rotatable bonds is 4. The topological polar surface area (TPSA) is 64.3 Å². The lowest BCUT2D eigenvalue weighted by Gasteiger charge is -2.20. The van der Waals surface area contributed by atoms with E-state index in [-0.39, 0.29) is 11.0 Å². The number of fused-ring (bicyclic) bond motifs is 2. The molecule has 5 aromatic carbocycles. The first-order valence-electron chi connectivity index (χ1n) is 13.1. The summed E-state index contributed by atoms with van der Waals surface area (Å²) in [5.74, 6) is 0. The van der Waals surface area contributed by atoms with Gasteiger partial charge in [-0.15, -0.1) is 0 Å². The van der Waals surface area contributed by atoms with Crippen LogP contribution < -0.4 is 16.0 Å². The number of aryl methyl sites for hydroxylation is 3. The summed E-state index contributed by atoms with van der Waals surface area (Å²) in [4.78, 5) is 25.6. The molecule has 0 atom stereocenters. The second-order valence-corrected chi connectivity index (χ2v) is 12.4. The fourth-order valence-electron chi connectivity index (χ4n) is 5.08. The minimum atomic E-state index is -3.44. The van der Waals surface area contributed by atoms with E-state index in [1.807, 2.05) is 106 Å². The highest BCUT2D eigenvalue weighted by atomic mass is 31.2. The Morgan fingerprint density at radius 1 is 0.600 bits per heavy atom. The maximum Gasteiger partial charge on any atom is 0.230 e. The monoisotopic (exact) mass is 544 g/mol. The zero-order chi connectivity index (χ0) is 28.3. The van der Waals surface area contributed by atoms with Crippen molar-refractivity contribution < 1.29 is 13.8 Å². The Labute approximate surface area is 233 Å². The van der Waals surface area contributed by atoms with Gasteiger partial charge in [0, 0.05) is 16.2 Å². The average Bonchev–Trinajstić information content (AvgIpc) is 2.97. The van der Waals surface area contributed by atoms with Gasteiger partial charge in [-0.25, -0.2) is 0 Å². The third-order valence-electron chi connectivity index (χ3n) is 6.90. The van der Waals surface area contributed by atoms with E-state index in [0.29, 0.717) is 38.1 Å². The van der Waals surface area contributed by atoms with E-state index in [2.05, 4.69) is 0 Å². The van der Waals surface area contributed by atoms with E-state index in [0.717, 1.165) is 16.7 Å². The predicted octanol–water partition coefficient (Wildman–Crippen LogP) is 7.71. The van der Waals surface area contributed by atoms with Gasteiger partial charge in [0.05, 0.1) is 10.8 Å². The molecule has 0 saturated heterocycles. The van der Waals surface area contributed by atoms with Gasteiger partial charge in [0.1, 0.15) is 11.2 Å². The van der Waals surface area contributed by atoms with Crippen molar-refractivity contribution in [1.82, 2.24) is 0 Å². The minimum Gasteiger partial charge on any atom is -0.456 e. The molecule has 5 heteroatoms. The molecule has 198 valence electrons. The molecule has 0 unspecified atom stereocenters. The van der Waals surface area contributed by atoms with Gasteiger partial charge in [0.15, 0.2) is 0 Å². The molecule has 0 N–H and O–H groups in total.